The van der Waals surface area contributed by atoms with Gasteiger partial charge in [-0.05, 0) is 13.8 Å². The number of Topliss-reactive ketones (excluding diaryl/α,β-unsaturated/α-hetero) is 1. The third-order valence-corrected chi connectivity index (χ3v) is 2.18. The Bertz CT molecular complexity index is 159. The zero-order chi connectivity index (χ0) is 8.36. The van der Waals surface area contributed by atoms with E-state index in [2.05, 4.69) is 6.58 Å². The van der Waals surface area contributed by atoms with Gasteiger partial charge < -0.3 is 0 Å². The highest BCUT2D eigenvalue weighted by Crippen LogP contribution is 2.24. The van der Waals surface area contributed by atoms with Gasteiger partial charge in [0.25, 0.3) is 0 Å². The number of alkyl halides is 1. The van der Waals surface area contributed by atoms with Crippen molar-refractivity contribution >= 4 is 17.4 Å². The minimum Gasteiger partial charge on any atom is -0.297 e. The van der Waals surface area contributed by atoms with Crippen LogP contribution in [0.1, 0.15) is 27.2 Å². The van der Waals surface area contributed by atoms with Gasteiger partial charge in [-0.15, -0.1) is 11.6 Å². The minimum absolute atomic E-state index is 0.0293. The van der Waals surface area contributed by atoms with Crippen LogP contribution in [-0.2, 0) is 4.79 Å². The Morgan fingerprint density at radius 2 is 2.10 bits per heavy atom. The number of rotatable bonds is 3. The minimum atomic E-state index is -0.852. The summed E-state index contributed by atoms with van der Waals surface area (Å²) < 4.78 is 0. The largest absolute Gasteiger partial charge is 0.297 e. The third kappa shape index (κ3) is 1.84. The van der Waals surface area contributed by atoms with E-state index in [1.54, 1.807) is 20.8 Å². The molecule has 0 aliphatic carbocycles. The van der Waals surface area contributed by atoms with Crippen molar-refractivity contribution in [3.05, 3.63) is 12.2 Å². The molecule has 0 N–H and O–H groups in total. The number of hydrogen-bond donors (Lipinski definition) is 0. The summed E-state index contributed by atoms with van der Waals surface area (Å²) in [6.45, 7) is 8.89. The Morgan fingerprint density at radius 3 is 2.20 bits per heavy atom. The second kappa shape index (κ2) is 3.20. The van der Waals surface area contributed by atoms with E-state index in [1.807, 2.05) is 0 Å². The number of halogens is 1. The van der Waals surface area contributed by atoms with E-state index < -0.39 is 4.87 Å². The maximum absolute atomic E-state index is 11.1. The Hall–Kier alpha value is -0.300. The molecule has 0 aromatic carbocycles. The van der Waals surface area contributed by atoms with Gasteiger partial charge in [-0.25, -0.2) is 0 Å². The normalized spacial score (nSPS) is 16.0. The Labute approximate surface area is 67.1 Å². The highest BCUT2D eigenvalue weighted by Gasteiger charge is 2.29. The van der Waals surface area contributed by atoms with Gasteiger partial charge in [-0.2, -0.15) is 0 Å². The lowest BCUT2D eigenvalue weighted by Crippen LogP contribution is -2.28. The van der Waals surface area contributed by atoms with Crippen LogP contribution in [0, 0.1) is 0 Å². The van der Waals surface area contributed by atoms with Crippen LogP contribution in [0.2, 0.25) is 0 Å². The zero-order valence-electron chi connectivity index (χ0n) is 6.70. The molecule has 1 nitrogen and oxygen atoms in total. The molecule has 0 radical (unpaired) electrons. The SMILES string of the molecule is C=C(C)C(C)(Cl)C(=O)CC. The smallest absolute Gasteiger partial charge is 0.157 e. The van der Waals surface area contributed by atoms with Crippen molar-refractivity contribution in [1.29, 1.82) is 0 Å². The first-order chi connectivity index (χ1) is 4.42. The topological polar surface area (TPSA) is 17.1 Å². The molecule has 1 unspecified atom stereocenters. The summed E-state index contributed by atoms with van der Waals surface area (Å²) in [7, 11) is 0. The number of carbonyl (C=O) groups excluding carboxylic acids is 1. The van der Waals surface area contributed by atoms with E-state index in [4.69, 9.17) is 11.6 Å². The van der Waals surface area contributed by atoms with Crippen LogP contribution in [0.4, 0.5) is 0 Å². The molecule has 0 fully saturated rings. The molecule has 0 aromatic rings. The maximum atomic E-state index is 11.1. The van der Waals surface area contributed by atoms with Crippen molar-refractivity contribution < 1.29 is 4.79 Å². The number of hydrogen-bond acceptors (Lipinski definition) is 1. The fourth-order valence-electron chi connectivity index (χ4n) is 0.570. The lowest BCUT2D eigenvalue weighted by molar-refractivity contribution is -0.120. The van der Waals surface area contributed by atoms with Crippen LogP contribution >= 0.6 is 11.6 Å². The summed E-state index contributed by atoms with van der Waals surface area (Å²) in [4.78, 5) is 10.2. The Kier molecular flexibility index (Phi) is 3.10. The van der Waals surface area contributed by atoms with E-state index >= 15 is 0 Å². The molecule has 58 valence electrons. The molecule has 0 bridgehead atoms. The highest BCUT2D eigenvalue weighted by molar-refractivity contribution is 6.37. The maximum Gasteiger partial charge on any atom is 0.157 e. The first-order valence-corrected chi connectivity index (χ1v) is 3.69. The molecule has 10 heavy (non-hydrogen) atoms. The van der Waals surface area contributed by atoms with Crippen molar-refractivity contribution in [2.45, 2.75) is 32.1 Å². The van der Waals surface area contributed by atoms with Crippen molar-refractivity contribution in [2.75, 3.05) is 0 Å². The van der Waals surface area contributed by atoms with Gasteiger partial charge in [-0.3, -0.25) is 4.79 Å². The van der Waals surface area contributed by atoms with Crippen molar-refractivity contribution in [2.24, 2.45) is 0 Å². The summed E-state index contributed by atoms with van der Waals surface area (Å²) in [5.74, 6) is 0.0293. The molecule has 0 spiro atoms. The van der Waals surface area contributed by atoms with Crippen LogP contribution in [0.3, 0.4) is 0 Å². The summed E-state index contributed by atoms with van der Waals surface area (Å²) >= 11 is 5.87. The molecule has 0 amide bonds. The predicted octanol–water partition coefficient (Wildman–Crippen LogP) is 2.54. The third-order valence-electron chi connectivity index (χ3n) is 1.65. The molecule has 0 heterocycles. The summed E-state index contributed by atoms with van der Waals surface area (Å²) in [6, 6.07) is 0. The molecular formula is C8H13ClO. The lowest BCUT2D eigenvalue weighted by Gasteiger charge is -2.19. The quantitative estimate of drug-likeness (QED) is 0.458. The molecule has 0 rings (SSSR count). The standard InChI is InChI=1S/C8H13ClO/c1-5-7(10)8(4,9)6(2)3/h2,5H2,1,3-4H3. The van der Waals surface area contributed by atoms with Gasteiger partial charge in [0.1, 0.15) is 4.87 Å². The van der Waals surface area contributed by atoms with Crippen molar-refractivity contribution in [3.8, 4) is 0 Å². The van der Waals surface area contributed by atoms with Gasteiger partial charge >= 0.3 is 0 Å². The van der Waals surface area contributed by atoms with E-state index in [0.29, 0.717) is 12.0 Å². The summed E-state index contributed by atoms with van der Waals surface area (Å²) in [5, 5.41) is 0. The monoisotopic (exact) mass is 160 g/mol. The van der Waals surface area contributed by atoms with E-state index in [1.165, 1.54) is 0 Å². The van der Waals surface area contributed by atoms with Crippen LogP contribution in [0.25, 0.3) is 0 Å². The molecule has 0 saturated carbocycles. The number of allylic oxidation sites excluding steroid dienone is 1. The van der Waals surface area contributed by atoms with Gasteiger partial charge in [0.15, 0.2) is 5.78 Å². The van der Waals surface area contributed by atoms with Crippen LogP contribution in [0.15, 0.2) is 12.2 Å². The molecule has 2 heteroatoms. The van der Waals surface area contributed by atoms with Gasteiger partial charge in [-0.1, -0.05) is 19.1 Å². The number of carbonyl (C=O) groups is 1. The molecular weight excluding hydrogens is 148 g/mol. The van der Waals surface area contributed by atoms with E-state index in [9.17, 15) is 4.79 Å². The fourth-order valence-corrected chi connectivity index (χ4v) is 0.704. The van der Waals surface area contributed by atoms with Crippen LogP contribution in [0.5, 0.6) is 0 Å². The first-order valence-electron chi connectivity index (χ1n) is 3.31. The zero-order valence-corrected chi connectivity index (χ0v) is 7.46. The summed E-state index contributed by atoms with van der Waals surface area (Å²) in [6.07, 6.45) is 0.465. The average molecular weight is 161 g/mol. The highest BCUT2D eigenvalue weighted by atomic mass is 35.5. The predicted molar refractivity (Wildman–Crippen MR) is 44.4 cm³/mol. The van der Waals surface area contributed by atoms with Crippen molar-refractivity contribution in [3.63, 3.8) is 0 Å². The molecule has 1 atom stereocenters. The second-order valence-electron chi connectivity index (χ2n) is 2.56. The molecule has 0 aliphatic rings. The lowest BCUT2D eigenvalue weighted by atomic mass is 9.97. The van der Waals surface area contributed by atoms with Gasteiger partial charge in [0, 0.05) is 6.42 Å². The van der Waals surface area contributed by atoms with Gasteiger partial charge in [0.2, 0.25) is 0 Å². The first kappa shape index (κ1) is 9.70. The van der Waals surface area contributed by atoms with E-state index in [-0.39, 0.29) is 5.78 Å². The fraction of sp³-hybridized carbons (Fsp3) is 0.625. The van der Waals surface area contributed by atoms with Crippen LogP contribution in [-0.4, -0.2) is 10.7 Å². The molecule has 0 aromatic heterocycles. The molecule has 0 aliphatic heterocycles. The van der Waals surface area contributed by atoms with Crippen molar-refractivity contribution in [1.82, 2.24) is 0 Å². The Morgan fingerprint density at radius 1 is 1.70 bits per heavy atom. The van der Waals surface area contributed by atoms with Crippen LogP contribution < -0.4 is 0 Å². The Balaban J connectivity index is 4.40. The van der Waals surface area contributed by atoms with Gasteiger partial charge in [0.05, 0.1) is 0 Å². The van der Waals surface area contributed by atoms with E-state index in [0.717, 1.165) is 0 Å². The number of ketones is 1. The molecule has 0 saturated heterocycles. The summed E-state index contributed by atoms with van der Waals surface area (Å²) in [5.41, 5.74) is 0.709. The average Bonchev–Trinajstić information content (AvgIpc) is 1.86. The second-order valence-corrected chi connectivity index (χ2v) is 3.32.